The summed E-state index contributed by atoms with van der Waals surface area (Å²) in [6.45, 7) is 5.40. The number of rotatable bonds is 5. The van der Waals surface area contributed by atoms with Crippen LogP contribution in [0.1, 0.15) is 20.8 Å². The Kier molecular flexibility index (Phi) is 4.96. The fourth-order valence-electron chi connectivity index (χ4n) is 1.80. The Hall–Kier alpha value is -1.37. The third kappa shape index (κ3) is 3.03. The minimum Gasteiger partial charge on any atom is -0.366 e. The molecule has 0 unspecified atom stereocenters. The maximum absolute atomic E-state index is 13.7. The molecule has 0 aliphatic rings. The molecule has 7 heteroatoms. The lowest BCUT2D eigenvalue weighted by Gasteiger charge is -2.33. The summed E-state index contributed by atoms with van der Waals surface area (Å²) in [4.78, 5) is 1.10. The first-order valence-electron chi connectivity index (χ1n) is 6.12. The molecule has 20 heavy (non-hydrogen) atoms. The van der Waals surface area contributed by atoms with Crippen molar-refractivity contribution in [3.63, 3.8) is 0 Å². The van der Waals surface area contributed by atoms with Crippen molar-refractivity contribution < 1.29 is 22.0 Å². The van der Waals surface area contributed by atoms with Gasteiger partial charge in [-0.05, 0) is 18.9 Å². The van der Waals surface area contributed by atoms with Crippen LogP contribution >= 0.6 is 0 Å². The average molecular weight is 296 g/mol. The minimum absolute atomic E-state index is 0.0678. The number of nitrogens with two attached hydrogens (primary N) is 1. The van der Waals surface area contributed by atoms with Crippen molar-refractivity contribution in [1.29, 1.82) is 0 Å². The van der Waals surface area contributed by atoms with Crippen LogP contribution in [0.2, 0.25) is 0 Å². The Balaban J connectivity index is 3.37. The molecule has 0 spiro atoms. The largest absolute Gasteiger partial charge is 0.366 e. The molecule has 0 aliphatic carbocycles. The summed E-state index contributed by atoms with van der Waals surface area (Å²) >= 11 is 0. The van der Waals surface area contributed by atoms with Crippen LogP contribution in [0, 0.1) is 34.5 Å². The van der Waals surface area contributed by atoms with Crippen LogP contribution in [0.15, 0.2) is 0 Å². The maximum atomic E-state index is 13.7. The molecular formula is C13H17F5N2. The summed E-state index contributed by atoms with van der Waals surface area (Å²) in [7, 11) is 0. The van der Waals surface area contributed by atoms with Crippen molar-refractivity contribution in [2.24, 2.45) is 11.1 Å². The molecule has 0 radical (unpaired) electrons. The molecule has 114 valence electrons. The van der Waals surface area contributed by atoms with Gasteiger partial charge in [-0.3, -0.25) is 0 Å². The molecule has 2 nitrogen and oxygen atoms in total. The molecule has 0 aliphatic heterocycles. The van der Waals surface area contributed by atoms with Crippen LogP contribution in [0.5, 0.6) is 0 Å². The molecule has 0 saturated heterocycles. The fraction of sp³-hybridized carbons (Fsp3) is 0.538. The fourth-order valence-corrected chi connectivity index (χ4v) is 1.80. The highest BCUT2D eigenvalue weighted by atomic mass is 19.2. The van der Waals surface area contributed by atoms with Gasteiger partial charge in [-0.2, -0.15) is 0 Å². The van der Waals surface area contributed by atoms with E-state index in [0.29, 0.717) is 0 Å². The third-order valence-electron chi connectivity index (χ3n) is 3.06. The Bertz CT molecular complexity index is 473. The summed E-state index contributed by atoms with van der Waals surface area (Å²) in [6, 6.07) is 0. The van der Waals surface area contributed by atoms with E-state index in [1.54, 1.807) is 20.8 Å². The minimum atomic E-state index is -2.15. The Morgan fingerprint density at radius 1 is 0.900 bits per heavy atom. The normalized spacial score (nSPS) is 11.8. The smallest absolute Gasteiger partial charge is 0.200 e. The number of nitrogens with zero attached hydrogens (tertiary/aromatic N) is 1. The Morgan fingerprint density at radius 2 is 1.30 bits per heavy atom. The summed E-state index contributed by atoms with van der Waals surface area (Å²) in [5.74, 6) is -9.68. The SMILES string of the molecule is CCN(CC(C)(C)CN)c1c(F)c(F)c(F)c(F)c1F. The molecule has 0 bridgehead atoms. The predicted molar refractivity (Wildman–Crippen MR) is 67.0 cm³/mol. The molecule has 1 rings (SSSR count). The van der Waals surface area contributed by atoms with Gasteiger partial charge in [-0.25, -0.2) is 22.0 Å². The molecule has 0 aromatic heterocycles. The van der Waals surface area contributed by atoms with E-state index in [2.05, 4.69) is 0 Å². The zero-order valence-electron chi connectivity index (χ0n) is 11.5. The zero-order chi connectivity index (χ0) is 15.7. The van der Waals surface area contributed by atoms with Crippen LogP contribution < -0.4 is 10.6 Å². The van der Waals surface area contributed by atoms with Crippen molar-refractivity contribution in [3.8, 4) is 0 Å². The second kappa shape index (κ2) is 5.95. The molecule has 0 amide bonds. The van der Waals surface area contributed by atoms with E-state index in [1.165, 1.54) is 0 Å². The lowest BCUT2D eigenvalue weighted by Crippen LogP contribution is -2.40. The van der Waals surface area contributed by atoms with E-state index in [0.717, 1.165) is 4.90 Å². The van der Waals surface area contributed by atoms with E-state index in [-0.39, 0.29) is 19.6 Å². The number of anilines is 1. The molecule has 0 fully saturated rings. The van der Waals surface area contributed by atoms with Crippen LogP contribution in [-0.2, 0) is 0 Å². The molecule has 1 aromatic carbocycles. The van der Waals surface area contributed by atoms with Gasteiger partial charge in [-0.15, -0.1) is 0 Å². The standard InChI is InChI=1S/C13H17F5N2/c1-4-20(6-13(2,3)5-19)12-10(17)8(15)7(14)9(16)11(12)18/h4-6,19H2,1-3H3. The van der Waals surface area contributed by atoms with Gasteiger partial charge in [-0.1, -0.05) is 13.8 Å². The first-order valence-corrected chi connectivity index (χ1v) is 6.12. The predicted octanol–water partition coefficient (Wildman–Crippen LogP) is 3.19. The molecule has 2 N–H and O–H groups in total. The van der Waals surface area contributed by atoms with Crippen LogP contribution in [0.25, 0.3) is 0 Å². The van der Waals surface area contributed by atoms with Gasteiger partial charge >= 0.3 is 0 Å². The van der Waals surface area contributed by atoms with Gasteiger partial charge in [0.2, 0.25) is 5.82 Å². The van der Waals surface area contributed by atoms with Gasteiger partial charge in [0.05, 0.1) is 0 Å². The lowest BCUT2D eigenvalue weighted by molar-refractivity contribution is 0.358. The zero-order valence-corrected chi connectivity index (χ0v) is 11.5. The van der Waals surface area contributed by atoms with E-state index in [9.17, 15) is 22.0 Å². The first-order chi connectivity index (χ1) is 9.16. The van der Waals surface area contributed by atoms with E-state index in [4.69, 9.17) is 5.73 Å². The van der Waals surface area contributed by atoms with Gasteiger partial charge < -0.3 is 10.6 Å². The third-order valence-corrected chi connectivity index (χ3v) is 3.06. The van der Waals surface area contributed by atoms with Gasteiger partial charge in [0, 0.05) is 13.1 Å². The van der Waals surface area contributed by atoms with E-state index in [1.807, 2.05) is 0 Å². The van der Waals surface area contributed by atoms with Crippen molar-refractivity contribution in [1.82, 2.24) is 0 Å². The summed E-state index contributed by atoms with van der Waals surface area (Å²) in [5, 5.41) is 0. The summed E-state index contributed by atoms with van der Waals surface area (Å²) in [5.41, 5.74) is 4.08. The quantitative estimate of drug-likeness (QED) is 0.513. The first kappa shape index (κ1) is 16.7. The molecule has 0 heterocycles. The van der Waals surface area contributed by atoms with Gasteiger partial charge in [0.15, 0.2) is 23.3 Å². The topological polar surface area (TPSA) is 29.3 Å². The average Bonchev–Trinajstić information content (AvgIpc) is 2.41. The van der Waals surface area contributed by atoms with E-state index < -0.39 is 40.2 Å². The second-order valence-electron chi connectivity index (χ2n) is 5.30. The molecule has 0 saturated carbocycles. The Labute approximate surface area is 114 Å². The second-order valence-corrected chi connectivity index (χ2v) is 5.30. The highest BCUT2D eigenvalue weighted by Crippen LogP contribution is 2.31. The summed E-state index contributed by atoms with van der Waals surface area (Å²) < 4.78 is 66.9. The van der Waals surface area contributed by atoms with Crippen LogP contribution in [0.4, 0.5) is 27.6 Å². The van der Waals surface area contributed by atoms with Gasteiger partial charge in [0.25, 0.3) is 0 Å². The van der Waals surface area contributed by atoms with Crippen LogP contribution in [0.3, 0.4) is 0 Å². The highest BCUT2D eigenvalue weighted by Gasteiger charge is 2.30. The number of hydrogen-bond acceptors (Lipinski definition) is 2. The summed E-state index contributed by atoms with van der Waals surface area (Å²) in [6.07, 6.45) is 0. The Morgan fingerprint density at radius 3 is 1.65 bits per heavy atom. The number of halogens is 5. The van der Waals surface area contributed by atoms with Crippen LogP contribution in [-0.4, -0.2) is 19.6 Å². The molecular weight excluding hydrogens is 279 g/mol. The van der Waals surface area contributed by atoms with Gasteiger partial charge in [0.1, 0.15) is 5.69 Å². The lowest BCUT2D eigenvalue weighted by atomic mass is 9.93. The highest BCUT2D eigenvalue weighted by molar-refractivity contribution is 5.50. The van der Waals surface area contributed by atoms with Crippen molar-refractivity contribution in [2.75, 3.05) is 24.5 Å². The molecule has 0 atom stereocenters. The molecule has 1 aromatic rings. The maximum Gasteiger partial charge on any atom is 0.200 e. The monoisotopic (exact) mass is 296 g/mol. The number of hydrogen-bond donors (Lipinski definition) is 1. The van der Waals surface area contributed by atoms with Crippen molar-refractivity contribution in [3.05, 3.63) is 29.1 Å². The van der Waals surface area contributed by atoms with Crippen molar-refractivity contribution in [2.45, 2.75) is 20.8 Å². The number of benzene rings is 1. The van der Waals surface area contributed by atoms with Crippen molar-refractivity contribution >= 4 is 5.69 Å². The van der Waals surface area contributed by atoms with E-state index >= 15 is 0 Å².